The molecule has 1 aliphatic rings. The largest absolute Gasteiger partial charge is 0.497 e. The van der Waals surface area contributed by atoms with Crippen LogP contribution in [0.25, 0.3) is 0 Å². The third kappa shape index (κ3) is 5.37. The van der Waals surface area contributed by atoms with Gasteiger partial charge in [-0.3, -0.25) is 14.7 Å². The number of nitrogens with zero attached hydrogens (tertiary/aromatic N) is 2. The number of carbonyl (C=O) groups is 1. The first-order chi connectivity index (χ1) is 16.8. The van der Waals surface area contributed by atoms with Crippen LogP contribution in [0.4, 0.5) is 0 Å². The molecule has 1 aliphatic heterocycles. The van der Waals surface area contributed by atoms with Gasteiger partial charge in [0, 0.05) is 28.6 Å². The fourth-order valence-electron chi connectivity index (χ4n) is 4.34. The normalized spacial score (nSPS) is 17.6. The maximum atomic E-state index is 13.7. The smallest absolute Gasteiger partial charge is 0.231 e. The second kappa shape index (κ2) is 10.8. The number of halogens is 2. The first-order valence-corrected chi connectivity index (χ1v) is 12.2. The number of amidine groups is 1. The van der Waals surface area contributed by atoms with Gasteiger partial charge >= 0.3 is 0 Å². The monoisotopic (exact) mass is 510 g/mol. The predicted molar refractivity (Wildman–Crippen MR) is 140 cm³/mol. The number of rotatable bonds is 7. The molecule has 2 atom stereocenters. The number of ether oxygens (including phenoxy) is 2. The van der Waals surface area contributed by atoms with Crippen molar-refractivity contribution in [3.63, 3.8) is 0 Å². The average Bonchev–Trinajstić information content (AvgIpc) is 3.25. The van der Waals surface area contributed by atoms with Crippen molar-refractivity contribution < 1.29 is 14.3 Å². The molecule has 0 bridgehead atoms. The fourth-order valence-corrected chi connectivity index (χ4v) is 4.59. The summed E-state index contributed by atoms with van der Waals surface area (Å²) in [7, 11) is 3.27. The van der Waals surface area contributed by atoms with Gasteiger partial charge in [-0.05, 0) is 59.2 Å². The van der Waals surface area contributed by atoms with Gasteiger partial charge in [0.1, 0.15) is 17.6 Å². The Morgan fingerprint density at radius 2 is 1.54 bits per heavy atom. The van der Waals surface area contributed by atoms with Gasteiger partial charge in [0.05, 0.1) is 19.8 Å². The first kappa shape index (κ1) is 25.2. The van der Waals surface area contributed by atoms with Crippen molar-refractivity contribution in [3.8, 4) is 5.75 Å². The van der Waals surface area contributed by atoms with Crippen LogP contribution in [0, 0.1) is 5.92 Å². The summed E-state index contributed by atoms with van der Waals surface area (Å²) in [6, 6.07) is 20.3. The van der Waals surface area contributed by atoms with Crippen LogP contribution in [0.3, 0.4) is 0 Å². The van der Waals surface area contributed by atoms with E-state index >= 15 is 0 Å². The SMILES string of the molecule is COCc1cc(OC)cc(C2=NC(c3ccc(Cl)cc3)C(c3ccc(Cl)cc3)N2C(=O)C(C)C)c1. The summed E-state index contributed by atoms with van der Waals surface area (Å²) in [5.41, 5.74) is 3.63. The quantitative estimate of drug-likeness (QED) is 0.348. The van der Waals surface area contributed by atoms with Gasteiger partial charge in [0.25, 0.3) is 0 Å². The van der Waals surface area contributed by atoms with E-state index in [0.717, 1.165) is 22.3 Å². The molecule has 3 aromatic rings. The lowest BCUT2D eigenvalue weighted by Crippen LogP contribution is -2.40. The highest BCUT2D eigenvalue weighted by Gasteiger charge is 2.42. The number of methoxy groups -OCH3 is 2. The Bertz CT molecular complexity index is 1220. The van der Waals surface area contributed by atoms with Crippen LogP contribution in [-0.4, -0.2) is 30.9 Å². The van der Waals surface area contributed by atoms with E-state index in [4.69, 9.17) is 37.7 Å². The van der Waals surface area contributed by atoms with Crippen molar-refractivity contribution >= 4 is 34.9 Å². The molecule has 35 heavy (non-hydrogen) atoms. The molecular weight excluding hydrogens is 483 g/mol. The molecule has 0 radical (unpaired) electrons. The van der Waals surface area contributed by atoms with Crippen LogP contribution in [0.5, 0.6) is 5.75 Å². The van der Waals surface area contributed by atoms with Crippen molar-refractivity contribution in [1.29, 1.82) is 0 Å². The molecule has 1 heterocycles. The molecule has 0 spiro atoms. The van der Waals surface area contributed by atoms with Crippen molar-refractivity contribution in [2.75, 3.05) is 14.2 Å². The highest BCUT2D eigenvalue weighted by atomic mass is 35.5. The van der Waals surface area contributed by atoms with Gasteiger partial charge in [-0.2, -0.15) is 0 Å². The third-order valence-electron chi connectivity index (χ3n) is 5.99. The maximum absolute atomic E-state index is 13.7. The molecule has 3 aromatic carbocycles. The van der Waals surface area contributed by atoms with E-state index in [1.807, 2.05) is 85.5 Å². The van der Waals surface area contributed by atoms with Crippen LogP contribution in [-0.2, 0) is 16.1 Å². The van der Waals surface area contributed by atoms with Gasteiger partial charge in [0.2, 0.25) is 5.91 Å². The molecule has 0 aromatic heterocycles. The summed E-state index contributed by atoms with van der Waals surface area (Å²) in [5, 5.41) is 1.28. The number of aliphatic imine (C=N–C) groups is 1. The third-order valence-corrected chi connectivity index (χ3v) is 6.50. The number of hydrogen-bond acceptors (Lipinski definition) is 4. The summed E-state index contributed by atoms with van der Waals surface area (Å²) in [6.07, 6.45) is 0. The van der Waals surface area contributed by atoms with E-state index in [-0.39, 0.29) is 23.9 Å². The first-order valence-electron chi connectivity index (χ1n) is 11.4. The van der Waals surface area contributed by atoms with Crippen molar-refractivity contribution in [2.24, 2.45) is 10.9 Å². The second-order valence-electron chi connectivity index (χ2n) is 8.81. The number of carbonyl (C=O) groups excluding carboxylic acids is 1. The number of hydrogen-bond donors (Lipinski definition) is 0. The van der Waals surface area contributed by atoms with Crippen molar-refractivity contribution in [1.82, 2.24) is 4.90 Å². The van der Waals surface area contributed by atoms with Gasteiger partial charge in [0.15, 0.2) is 0 Å². The molecule has 0 fully saturated rings. The molecule has 0 saturated heterocycles. The zero-order valence-electron chi connectivity index (χ0n) is 20.2. The second-order valence-corrected chi connectivity index (χ2v) is 9.68. The molecule has 2 unspecified atom stereocenters. The standard InChI is InChI=1S/C28H28Cl2N2O3/c1-17(2)28(33)32-26(20-7-11-23(30)12-8-20)25(19-5-9-22(29)10-6-19)31-27(32)21-13-18(16-34-3)14-24(15-21)35-4/h5-15,17,25-26H,16H2,1-4H3. The minimum Gasteiger partial charge on any atom is -0.497 e. The molecule has 5 nitrogen and oxygen atoms in total. The lowest BCUT2D eigenvalue weighted by atomic mass is 9.93. The van der Waals surface area contributed by atoms with Crippen LogP contribution in [0.2, 0.25) is 10.0 Å². The van der Waals surface area contributed by atoms with Crippen molar-refractivity contribution in [3.05, 3.63) is 99.0 Å². The Morgan fingerprint density at radius 1 is 0.943 bits per heavy atom. The fraction of sp³-hybridized carbons (Fsp3) is 0.286. The summed E-state index contributed by atoms with van der Waals surface area (Å²) in [5.74, 6) is 1.02. The Kier molecular flexibility index (Phi) is 7.80. The molecule has 0 saturated carbocycles. The highest BCUT2D eigenvalue weighted by molar-refractivity contribution is 6.30. The van der Waals surface area contributed by atoms with Gasteiger partial charge < -0.3 is 9.47 Å². The van der Waals surface area contributed by atoms with Crippen LogP contribution >= 0.6 is 23.2 Å². The van der Waals surface area contributed by atoms with Crippen LogP contribution in [0.1, 0.15) is 48.2 Å². The lowest BCUT2D eigenvalue weighted by Gasteiger charge is -2.31. The van der Waals surface area contributed by atoms with E-state index in [9.17, 15) is 4.79 Å². The lowest BCUT2D eigenvalue weighted by molar-refractivity contribution is -0.132. The Balaban J connectivity index is 1.93. The molecule has 182 valence electrons. The van der Waals surface area contributed by atoms with E-state index in [1.54, 1.807) is 14.2 Å². The topological polar surface area (TPSA) is 51.1 Å². The van der Waals surface area contributed by atoms with E-state index in [0.29, 0.717) is 28.2 Å². The maximum Gasteiger partial charge on any atom is 0.231 e. The molecular formula is C28H28Cl2N2O3. The average molecular weight is 511 g/mol. The molecule has 0 aliphatic carbocycles. The molecule has 0 N–H and O–H groups in total. The molecule has 1 amide bonds. The Hall–Kier alpha value is -2.86. The van der Waals surface area contributed by atoms with E-state index in [1.165, 1.54) is 0 Å². The molecule has 7 heteroatoms. The van der Waals surface area contributed by atoms with Gasteiger partial charge in [-0.15, -0.1) is 0 Å². The Morgan fingerprint density at radius 3 is 2.09 bits per heavy atom. The predicted octanol–water partition coefficient (Wildman–Crippen LogP) is 6.88. The zero-order chi connectivity index (χ0) is 25.1. The van der Waals surface area contributed by atoms with Crippen molar-refractivity contribution in [2.45, 2.75) is 32.5 Å². The highest BCUT2D eigenvalue weighted by Crippen LogP contribution is 2.45. The van der Waals surface area contributed by atoms with Crippen LogP contribution < -0.4 is 4.74 Å². The zero-order valence-corrected chi connectivity index (χ0v) is 21.7. The van der Waals surface area contributed by atoms with E-state index in [2.05, 4.69) is 0 Å². The Labute approximate surface area is 216 Å². The summed E-state index contributed by atoms with van der Waals surface area (Å²) < 4.78 is 10.9. The number of amides is 1. The summed E-state index contributed by atoms with van der Waals surface area (Å²) in [4.78, 5) is 20.7. The minimum absolute atomic E-state index is 0.0173. The van der Waals surface area contributed by atoms with Gasteiger partial charge in [-0.1, -0.05) is 61.3 Å². The van der Waals surface area contributed by atoms with Gasteiger partial charge in [-0.25, -0.2) is 0 Å². The minimum atomic E-state index is -0.351. The summed E-state index contributed by atoms with van der Waals surface area (Å²) >= 11 is 12.4. The van der Waals surface area contributed by atoms with Crippen LogP contribution in [0.15, 0.2) is 71.7 Å². The number of benzene rings is 3. The molecule has 4 rings (SSSR count). The van der Waals surface area contributed by atoms with E-state index < -0.39 is 0 Å². The summed E-state index contributed by atoms with van der Waals surface area (Å²) in [6.45, 7) is 4.21.